The molecule has 1 aliphatic heterocycles. The molecule has 5 rings (SSSR count). The predicted molar refractivity (Wildman–Crippen MR) is 126 cm³/mol. The molecule has 2 heterocycles. The Morgan fingerprint density at radius 1 is 1.11 bits per heavy atom. The lowest BCUT2D eigenvalue weighted by Crippen LogP contribution is -2.46. The number of rotatable bonds is 5. The molecule has 1 fully saturated rings. The number of benzene rings is 2. The van der Waals surface area contributed by atoms with Gasteiger partial charge < -0.3 is 19.3 Å². The second-order valence-corrected chi connectivity index (χ2v) is 8.93. The van der Waals surface area contributed by atoms with E-state index < -0.39 is 18.0 Å². The summed E-state index contributed by atoms with van der Waals surface area (Å²) in [6.07, 6.45) is 0.0513. The highest BCUT2D eigenvalue weighted by atomic mass is 16.6. The average molecular weight is 476 g/mol. The summed E-state index contributed by atoms with van der Waals surface area (Å²) >= 11 is 0. The van der Waals surface area contributed by atoms with Crippen LogP contribution < -0.4 is 5.32 Å². The zero-order valence-electron chi connectivity index (χ0n) is 19.1. The van der Waals surface area contributed by atoms with Gasteiger partial charge in [0.05, 0.1) is 5.92 Å². The predicted octanol–water partition coefficient (Wildman–Crippen LogP) is 4.36. The van der Waals surface area contributed by atoms with Crippen molar-refractivity contribution in [2.24, 2.45) is 5.92 Å². The summed E-state index contributed by atoms with van der Waals surface area (Å²) in [5, 5.41) is 15.5. The summed E-state index contributed by atoms with van der Waals surface area (Å²) in [4.78, 5) is 38.1. The van der Waals surface area contributed by atoms with Crippen molar-refractivity contribution in [3.63, 3.8) is 0 Å². The Morgan fingerprint density at radius 2 is 1.77 bits per heavy atom. The number of piperidine rings is 1. The third-order valence-corrected chi connectivity index (χ3v) is 6.78. The molecule has 2 aliphatic rings. The summed E-state index contributed by atoms with van der Waals surface area (Å²) < 4.78 is 10.6. The van der Waals surface area contributed by atoms with Crippen LogP contribution >= 0.6 is 0 Å². The van der Waals surface area contributed by atoms with E-state index >= 15 is 0 Å². The van der Waals surface area contributed by atoms with E-state index in [0.717, 1.165) is 22.3 Å². The molecule has 2 aromatic carbocycles. The maximum absolute atomic E-state index is 12.8. The molecule has 180 valence electrons. The SMILES string of the molecule is CC1CC(C(=O)O)CCN1C(=O)c1cc(NC(=O)OCC2c3ccccc3-c3ccccc32)on1. The molecule has 9 heteroatoms. The largest absolute Gasteiger partial charge is 0.481 e. The number of fused-ring (bicyclic) bond motifs is 3. The molecule has 2 amide bonds. The number of carboxylic acid groups (broad SMARTS) is 1. The summed E-state index contributed by atoms with van der Waals surface area (Å²) in [5.41, 5.74) is 4.53. The van der Waals surface area contributed by atoms with Gasteiger partial charge in [0.15, 0.2) is 5.69 Å². The molecule has 1 aliphatic carbocycles. The lowest BCUT2D eigenvalue weighted by Gasteiger charge is -2.35. The number of aliphatic carboxylic acids is 1. The van der Waals surface area contributed by atoms with E-state index in [-0.39, 0.29) is 36.1 Å². The number of carbonyl (C=O) groups is 3. The van der Waals surface area contributed by atoms with E-state index in [9.17, 15) is 19.5 Å². The first-order valence-electron chi connectivity index (χ1n) is 11.5. The van der Waals surface area contributed by atoms with Crippen LogP contribution in [0, 0.1) is 5.92 Å². The van der Waals surface area contributed by atoms with Crippen LogP contribution in [0.1, 0.15) is 47.3 Å². The molecule has 0 saturated carbocycles. The van der Waals surface area contributed by atoms with E-state index in [1.165, 1.54) is 6.07 Å². The number of hydrogen-bond acceptors (Lipinski definition) is 6. The molecule has 0 bridgehead atoms. The van der Waals surface area contributed by atoms with Crippen LogP contribution in [0.4, 0.5) is 10.7 Å². The Bertz CT molecular complexity index is 1240. The molecule has 0 radical (unpaired) electrons. The van der Waals surface area contributed by atoms with Crippen LogP contribution in [0.3, 0.4) is 0 Å². The molecular weight excluding hydrogens is 450 g/mol. The maximum Gasteiger partial charge on any atom is 0.414 e. The van der Waals surface area contributed by atoms with Crippen molar-refractivity contribution >= 4 is 23.9 Å². The molecular formula is C26H25N3O6. The van der Waals surface area contributed by atoms with E-state index in [4.69, 9.17) is 9.26 Å². The fourth-order valence-corrected chi connectivity index (χ4v) is 5.02. The van der Waals surface area contributed by atoms with Crippen LogP contribution in [0.5, 0.6) is 0 Å². The number of carboxylic acids is 1. The van der Waals surface area contributed by atoms with Crippen LogP contribution in [0.2, 0.25) is 0 Å². The first-order chi connectivity index (χ1) is 16.9. The highest BCUT2D eigenvalue weighted by molar-refractivity contribution is 5.94. The van der Waals surface area contributed by atoms with Gasteiger partial charge in [-0.1, -0.05) is 53.7 Å². The van der Waals surface area contributed by atoms with E-state index in [1.54, 1.807) is 4.90 Å². The van der Waals surface area contributed by atoms with Gasteiger partial charge in [-0.25, -0.2) is 4.79 Å². The monoisotopic (exact) mass is 475 g/mol. The van der Waals surface area contributed by atoms with Crippen molar-refractivity contribution in [1.82, 2.24) is 10.1 Å². The normalized spacial score (nSPS) is 19.1. The first-order valence-corrected chi connectivity index (χ1v) is 11.5. The van der Waals surface area contributed by atoms with Gasteiger partial charge >= 0.3 is 12.1 Å². The molecule has 2 unspecified atom stereocenters. The summed E-state index contributed by atoms with van der Waals surface area (Å²) in [6.45, 7) is 2.28. The highest BCUT2D eigenvalue weighted by Crippen LogP contribution is 2.44. The van der Waals surface area contributed by atoms with Crippen LogP contribution in [-0.4, -0.2) is 52.3 Å². The van der Waals surface area contributed by atoms with Crippen molar-refractivity contribution in [2.45, 2.75) is 31.7 Å². The van der Waals surface area contributed by atoms with Gasteiger partial charge in [0, 0.05) is 24.6 Å². The fourth-order valence-electron chi connectivity index (χ4n) is 5.02. The Hall–Kier alpha value is -4.14. The van der Waals surface area contributed by atoms with Crippen molar-refractivity contribution in [3.05, 3.63) is 71.4 Å². The lowest BCUT2D eigenvalue weighted by atomic mass is 9.91. The summed E-state index contributed by atoms with van der Waals surface area (Å²) in [6, 6.07) is 17.2. The van der Waals surface area contributed by atoms with Crippen molar-refractivity contribution in [2.75, 3.05) is 18.5 Å². The van der Waals surface area contributed by atoms with Crippen molar-refractivity contribution in [3.8, 4) is 11.1 Å². The molecule has 2 N–H and O–H groups in total. The molecule has 0 spiro atoms. The minimum absolute atomic E-state index is 0.00125. The highest BCUT2D eigenvalue weighted by Gasteiger charge is 2.34. The molecule has 1 aromatic heterocycles. The van der Waals surface area contributed by atoms with Crippen LogP contribution in [0.15, 0.2) is 59.1 Å². The standard InChI is InChI=1S/C26H25N3O6/c1-15-12-16(25(31)32)10-11-29(15)24(30)22-13-23(35-28-22)27-26(33)34-14-21-19-8-4-2-6-17(19)18-7-3-5-9-20(18)21/h2-9,13,15-16,21H,10-12,14H2,1H3,(H,27,33)(H,31,32). The number of ether oxygens (including phenoxy) is 1. The third kappa shape index (κ3) is 4.37. The Kier molecular flexibility index (Phi) is 5.98. The number of carbonyl (C=O) groups excluding carboxylic acids is 2. The molecule has 1 saturated heterocycles. The fraction of sp³-hybridized carbons (Fsp3) is 0.308. The third-order valence-electron chi connectivity index (χ3n) is 6.78. The van der Waals surface area contributed by atoms with E-state index in [2.05, 4.69) is 22.6 Å². The number of anilines is 1. The Balaban J connectivity index is 1.20. The van der Waals surface area contributed by atoms with Crippen molar-refractivity contribution in [1.29, 1.82) is 0 Å². The number of hydrogen-bond donors (Lipinski definition) is 2. The first kappa shape index (κ1) is 22.6. The number of nitrogens with zero attached hydrogens (tertiary/aromatic N) is 2. The van der Waals surface area contributed by atoms with Gasteiger partial charge in [0.1, 0.15) is 6.61 Å². The quantitative estimate of drug-likeness (QED) is 0.562. The van der Waals surface area contributed by atoms with Crippen molar-refractivity contribution < 1.29 is 28.8 Å². The number of likely N-dealkylation sites (tertiary alicyclic amines) is 1. The maximum atomic E-state index is 12.8. The average Bonchev–Trinajstić information content (AvgIpc) is 3.45. The lowest BCUT2D eigenvalue weighted by molar-refractivity contribution is -0.143. The summed E-state index contributed by atoms with van der Waals surface area (Å²) in [7, 11) is 0. The molecule has 3 aromatic rings. The zero-order valence-corrected chi connectivity index (χ0v) is 19.1. The van der Waals surface area contributed by atoms with Gasteiger partial charge in [-0.15, -0.1) is 0 Å². The van der Waals surface area contributed by atoms with Gasteiger partial charge in [-0.3, -0.25) is 14.9 Å². The van der Waals surface area contributed by atoms with Gasteiger partial charge in [0.25, 0.3) is 5.91 Å². The van der Waals surface area contributed by atoms with Crippen LogP contribution in [-0.2, 0) is 9.53 Å². The van der Waals surface area contributed by atoms with E-state index in [1.807, 2.05) is 43.3 Å². The zero-order chi connectivity index (χ0) is 24.5. The minimum Gasteiger partial charge on any atom is -0.481 e. The summed E-state index contributed by atoms with van der Waals surface area (Å²) in [5.74, 6) is -1.75. The Labute approximate surface area is 201 Å². The Morgan fingerprint density at radius 3 is 2.40 bits per heavy atom. The molecule has 2 atom stereocenters. The second-order valence-electron chi connectivity index (χ2n) is 8.93. The van der Waals surface area contributed by atoms with Crippen LogP contribution in [0.25, 0.3) is 11.1 Å². The smallest absolute Gasteiger partial charge is 0.414 e. The van der Waals surface area contributed by atoms with Gasteiger partial charge in [-0.2, -0.15) is 0 Å². The second kappa shape index (κ2) is 9.25. The van der Waals surface area contributed by atoms with Gasteiger partial charge in [0.2, 0.25) is 5.88 Å². The molecule has 9 nitrogen and oxygen atoms in total. The molecule has 35 heavy (non-hydrogen) atoms. The van der Waals surface area contributed by atoms with Gasteiger partial charge in [-0.05, 0) is 42.0 Å². The topological polar surface area (TPSA) is 122 Å². The number of nitrogens with one attached hydrogen (secondary N) is 1. The minimum atomic E-state index is -0.847. The number of aromatic nitrogens is 1. The van der Waals surface area contributed by atoms with E-state index in [0.29, 0.717) is 19.4 Å². The number of amides is 2.